The molecule has 1 heterocycles. The Morgan fingerprint density at radius 2 is 1.62 bits per heavy atom. The lowest BCUT2D eigenvalue weighted by atomic mass is 9.85. The van der Waals surface area contributed by atoms with Gasteiger partial charge in [-0.2, -0.15) is 0 Å². The van der Waals surface area contributed by atoms with Crippen molar-refractivity contribution in [3.05, 3.63) is 48.0 Å². The van der Waals surface area contributed by atoms with Crippen LogP contribution in [-0.2, 0) is 20.9 Å². The summed E-state index contributed by atoms with van der Waals surface area (Å²) in [5.41, 5.74) is 1.08. The van der Waals surface area contributed by atoms with E-state index in [4.69, 9.17) is 0 Å². The molecule has 0 bridgehead atoms. The molecule has 1 aliphatic heterocycles. The zero-order chi connectivity index (χ0) is 20.5. The summed E-state index contributed by atoms with van der Waals surface area (Å²) in [5, 5.41) is 0. The first kappa shape index (κ1) is 19.9. The molecule has 0 spiro atoms. The third-order valence-electron chi connectivity index (χ3n) is 6.30. The van der Waals surface area contributed by atoms with Crippen molar-refractivity contribution >= 4 is 17.7 Å². The summed E-state index contributed by atoms with van der Waals surface area (Å²) in [4.78, 5) is 43.2. The van der Waals surface area contributed by atoms with Gasteiger partial charge in [-0.15, -0.1) is 0 Å². The van der Waals surface area contributed by atoms with Crippen LogP contribution in [0.15, 0.2) is 42.5 Å². The molecule has 1 saturated carbocycles. The number of hydrogen-bond acceptors (Lipinski definition) is 3. The number of carbonyl (C=O) groups excluding carboxylic acids is 3. The Bertz CT molecular complexity index is 787. The fourth-order valence-electron chi connectivity index (χ4n) is 4.64. The molecule has 2 aliphatic carbocycles. The Labute approximate surface area is 172 Å². The highest BCUT2D eigenvalue weighted by molar-refractivity contribution is 6.08. The summed E-state index contributed by atoms with van der Waals surface area (Å²) in [6, 6.07) is 9.48. The van der Waals surface area contributed by atoms with E-state index in [-0.39, 0.29) is 41.5 Å². The van der Waals surface area contributed by atoms with E-state index in [1.54, 1.807) is 0 Å². The van der Waals surface area contributed by atoms with Gasteiger partial charge in [-0.05, 0) is 43.6 Å². The predicted octanol–water partition coefficient (Wildman–Crippen LogP) is 3.54. The molecule has 3 aliphatic rings. The average molecular weight is 395 g/mol. The van der Waals surface area contributed by atoms with Crippen LogP contribution in [0.1, 0.15) is 51.5 Å². The lowest BCUT2D eigenvalue weighted by Crippen LogP contribution is -2.52. The molecular formula is C24H30N2O3. The van der Waals surface area contributed by atoms with E-state index in [1.165, 1.54) is 4.90 Å². The molecule has 5 heteroatoms. The third-order valence-corrected chi connectivity index (χ3v) is 6.30. The van der Waals surface area contributed by atoms with Crippen molar-refractivity contribution in [1.82, 2.24) is 9.80 Å². The van der Waals surface area contributed by atoms with Gasteiger partial charge in [0.2, 0.25) is 17.7 Å². The number of benzene rings is 1. The van der Waals surface area contributed by atoms with Crippen LogP contribution in [0.2, 0.25) is 0 Å². The molecule has 4 rings (SSSR count). The van der Waals surface area contributed by atoms with Crippen LogP contribution in [0.3, 0.4) is 0 Å². The molecule has 154 valence electrons. The summed E-state index contributed by atoms with van der Waals surface area (Å²) in [5.74, 6) is -0.754. The number of carbonyl (C=O) groups is 3. The van der Waals surface area contributed by atoms with Gasteiger partial charge in [0, 0.05) is 12.6 Å². The van der Waals surface area contributed by atoms with Crippen LogP contribution in [-0.4, -0.2) is 39.6 Å². The number of hydrogen-bond donors (Lipinski definition) is 0. The second-order valence-electron chi connectivity index (χ2n) is 9.03. The van der Waals surface area contributed by atoms with Gasteiger partial charge in [-0.3, -0.25) is 19.3 Å². The second kappa shape index (κ2) is 8.13. The highest BCUT2D eigenvalue weighted by Gasteiger charge is 2.52. The normalized spacial score (nSPS) is 24.7. The number of imide groups is 1. The minimum Gasteiger partial charge on any atom is -0.334 e. The molecule has 29 heavy (non-hydrogen) atoms. The van der Waals surface area contributed by atoms with Gasteiger partial charge in [0.25, 0.3) is 0 Å². The van der Waals surface area contributed by atoms with Crippen LogP contribution < -0.4 is 0 Å². The minimum atomic E-state index is -0.690. The van der Waals surface area contributed by atoms with E-state index < -0.39 is 6.04 Å². The lowest BCUT2D eigenvalue weighted by molar-refractivity contribution is -0.153. The van der Waals surface area contributed by atoms with E-state index in [0.717, 1.165) is 18.4 Å². The van der Waals surface area contributed by atoms with Gasteiger partial charge >= 0.3 is 0 Å². The molecule has 3 unspecified atom stereocenters. The Morgan fingerprint density at radius 3 is 2.14 bits per heavy atom. The molecule has 0 radical (unpaired) electrons. The van der Waals surface area contributed by atoms with Gasteiger partial charge in [-0.25, -0.2) is 0 Å². The Balaban J connectivity index is 1.61. The van der Waals surface area contributed by atoms with Gasteiger partial charge in [0.1, 0.15) is 6.04 Å². The van der Waals surface area contributed by atoms with Crippen molar-refractivity contribution < 1.29 is 14.4 Å². The summed E-state index contributed by atoms with van der Waals surface area (Å²) in [7, 11) is 0. The molecule has 2 fully saturated rings. The number of amides is 3. The monoisotopic (exact) mass is 394 g/mol. The Morgan fingerprint density at radius 1 is 1.03 bits per heavy atom. The van der Waals surface area contributed by atoms with Crippen molar-refractivity contribution in [2.75, 3.05) is 0 Å². The van der Waals surface area contributed by atoms with Crippen LogP contribution in [0.5, 0.6) is 0 Å². The van der Waals surface area contributed by atoms with Crippen LogP contribution in [0.25, 0.3) is 0 Å². The van der Waals surface area contributed by atoms with Crippen molar-refractivity contribution in [2.24, 2.45) is 17.8 Å². The summed E-state index contributed by atoms with van der Waals surface area (Å²) in [6.07, 6.45) is 7.67. The largest absolute Gasteiger partial charge is 0.334 e. The minimum absolute atomic E-state index is 0.0710. The fraction of sp³-hybridized carbons (Fsp3) is 0.542. The van der Waals surface area contributed by atoms with Crippen LogP contribution >= 0.6 is 0 Å². The Kier molecular flexibility index (Phi) is 5.57. The van der Waals surface area contributed by atoms with Crippen molar-refractivity contribution in [2.45, 2.75) is 64.6 Å². The molecule has 3 amide bonds. The predicted molar refractivity (Wildman–Crippen MR) is 110 cm³/mol. The molecule has 5 nitrogen and oxygen atoms in total. The summed E-state index contributed by atoms with van der Waals surface area (Å²) in [6.45, 7) is 4.61. The van der Waals surface area contributed by atoms with Crippen LogP contribution in [0.4, 0.5) is 0 Å². The van der Waals surface area contributed by atoms with Gasteiger partial charge in [0.05, 0.1) is 11.8 Å². The first-order valence-corrected chi connectivity index (χ1v) is 10.8. The SMILES string of the molecule is CC(C)CC(C(=O)N(Cc1ccccc1)C1CC1)N1C(=O)C2CC=CCC2C1=O. The maximum Gasteiger partial charge on any atom is 0.246 e. The van der Waals surface area contributed by atoms with Gasteiger partial charge in [0.15, 0.2) is 0 Å². The van der Waals surface area contributed by atoms with E-state index in [0.29, 0.717) is 25.8 Å². The molecule has 3 atom stereocenters. The maximum atomic E-state index is 13.7. The Hall–Kier alpha value is -2.43. The maximum absolute atomic E-state index is 13.7. The third kappa shape index (κ3) is 4.00. The van der Waals surface area contributed by atoms with E-state index >= 15 is 0 Å². The molecule has 1 saturated heterocycles. The standard InChI is InChI=1S/C24H30N2O3/c1-16(2)14-21(26-22(27)19-10-6-7-11-20(19)23(26)28)24(29)25(18-12-13-18)15-17-8-4-3-5-9-17/h3-9,16,18-21H,10-15H2,1-2H3. The number of likely N-dealkylation sites (tertiary alicyclic amines) is 1. The first-order valence-electron chi connectivity index (χ1n) is 10.8. The first-order chi connectivity index (χ1) is 14.0. The highest BCUT2D eigenvalue weighted by Crippen LogP contribution is 2.38. The average Bonchev–Trinajstić information content (AvgIpc) is 3.53. The molecule has 1 aromatic rings. The zero-order valence-corrected chi connectivity index (χ0v) is 17.3. The number of fused-ring (bicyclic) bond motifs is 1. The van der Waals surface area contributed by atoms with E-state index in [2.05, 4.69) is 0 Å². The summed E-state index contributed by atoms with van der Waals surface area (Å²) >= 11 is 0. The zero-order valence-electron chi connectivity index (χ0n) is 17.3. The molecule has 1 aromatic carbocycles. The van der Waals surface area contributed by atoms with E-state index in [1.807, 2.05) is 61.2 Å². The molecular weight excluding hydrogens is 364 g/mol. The lowest BCUT2D eigenvalue weighted by Gasteiger charge is -2.33. The highest BCUT2D eigenvalue weighted by atomic mass is 16.2. The molecule has 0 aromatic heterocycles. The fourth-order valence-corrected chi connectivity index (χ4v) is 4.64. The number of nitrogens with zero attached hydrogens (tertiary/aromatic N) is 2. The van der Waals surface area contributed by atoms with Crippen molar-refractivity contribution in [3.8, 4) is 0 Å². The van der Waals surface area contributed by atoms with Gasteiger partial charge in [-0.1, -0.05) is 56.3 Å². The quantitative estimate of drug-likeness (QED) is 0.525. The smallest absolute Gasteiger partial charge is 0.246 e. The number of allylic oxidation sites excluding steroid dienone is 2. The topological polar surface area (TPSA) is 57.7 Å². The van der Waals surface area contributed by atoms with Crippen molar-refractivity contribution in [3.63, 3.8) is 0 Å². The number of rotatable bonds is 7. The van der Waals surface area contributed by atoms with Crippen molar-refractivity contribution in [1.29, 1.82) is 0 Å². The molecule has 0 N–H and O–H groups in total. The van der Waals surface area contributed by atoms with Crippen LogP contribution in [0, 0.1) is 17.8 Å². The van der Waals surface area contributed by atoms with Gasteiger partial charge < -0.3 is 4.90 Å². The summed E-state index contributed by atoms with van der Waals surface area (Å²) < 4.78 is 0. The van der Waals surface area contributed by atoms with E-state index in [9.17, 15) is 14.4 Å². The second-order valence-corrected chi connectivity index (χ2v) is 9.03.